The zero-order valence-corrected chi connectivity index (χ0v) is 13.6. The molecule has 0 spiro atoms. The van der Waals surface area contributed by atoms with E-state index in [1.807, 2.05) is 0 Å². The predicted octanol–water partition coefficient (Wildman–Crippen LogP) is 0.927. The van der Waals surface area contributed by atoms with E-state index in [1.165, 1.54) is 0 Å². The molecule has 0 aliphatic rings. The fraction of sp³-hybridized carbons (Fsp3) is 0.400. The number of benzene rings is 1. The van der Waals surface area contributed by atoms with Crippen molar-refractivity contribution in [1.29, 1.82) is 0 Å². The van der Waals surface area contributed by atoms with Gasteiger partial charge < -0.3 is 16.2 Å². The van der Waals surface area contributed by atoms with Gasteiger partial charge in [-0.25, -0.2) is 0 Å². The number of aliphatic hydroxyl groups is 1. The second-order valence-corrected chi connectivity index (χ2v) is 6.76. The summed E-state index contributed by atoms with van der Waals surface area (Å²) in [6.07, 6.45) is 0. The maximum atomic E-state index is 12.2. The Morgan fingerprint density at radius 3 is 2.36 bits per heavy atom. The third-order valence-corrected chi connectivity index (χ3v) is 4.15. The first kappa shape index (κ1) is 18.2. The third-order valence-electron chi connectivity index (χ3n) is 2.78. The largest absolute Gasteiger partial charge is 0.394 e. The van der Waals surface area contributed by atoms with E-state index in [1.54, 1.807) is 45.0 Å². The van der Waals surface area contributed by atoms with Crippen LogP contribution in [0.5, 0.6) is 0 Å². The van der Waals surface area contributed by atoms with Gasteiger partial charge in [-0.05, 0) is 12.1 Å². The van der Waals surface area contributed by atoms with Gasteiger partial charge in [0.15, 0.2) is 5.12 Å². The van der Waals surface area contributed by atoms with Gasteiger partial charge in [0.1, 0.15) is 6.04 Å². The summed E-state index contributed by atoms with van der Waals surface area (Å²) in [5, 5.41) is 11.3. The molecular weight excluding hydrogens is 304 g/mol. The number of carbonyl (C=O) groups excluding carboxylic acids is 3. The Balaban J connectivity index is 2.99. The van der Waals surface area contributed by atoms with Gasteiger partial charge in [0.05, 0.1) is 12.2 Å². The summed E-state index contributed by atoms with van der Waals surface area (Å²) in [6, 6.07) is 5.40. The van der Waals surface area contributed by atoms with Crippen molar-refractivity contribution in [3.05, 3.63) is 29.8 Å². The van der Waals surface area contributed by atoms with Crippen molar-refractivity contribution in [2.45, 2.75) is 31.7 Å². The molecule has 0 radical (unpaired) electrons. The molecule has 0 heterocycles. The lowest BCUT2D eigenvalue weighted by Crippen LogP contribution is -2.46. The molecule has 0 unspecified atom stereocenters. The first-order chi connectivity index (χ1) is 10.2. The number of primary amides is 1. The summed E-state index contributed by atoms with van der Waals surface area (Å²) in [7, 11) is 0. The average Bonchev–Trinajstić information content (AvgIpc) is 2.43. The quantitative estimate of drug-likeness (QED) is 0.698. The van der Waals surface area contributed by atoms with Crippen molar-refractivity contribution in [2.24, 2.45) is 11.1 Å². The number of carbonyl (C=O) groups is 3. The molecule has 0 aliphatic carbocycles. The normalized spacial score (nSPS) is 12.5. The number of hydrogen-bond donors (Lipinski definition) is 3. The molecule has 1 aromatic carbocycles. The van der Waals surface area contributed by atoms with Crippen LogP contribution in [0.2, 0.25) is 0 Å². The minimum Gasteiger partial charge on any atom is -0.394 e. The number of amides is 2. The van der Waals surface area contributed by atoms with Gasteiger partial charge in [0, 0.05) is 10.3 Å². The number of hydrogen-bond acceptors (Lipinski definition) is 5. The van der Waals surface area contributed by atoms with E-state index in [0.29, 0.717) is 4.90 Å². The molecule has 1 aromatic rings. The smallest absolute Gasteiger partial charge is 0.253 e. The standard InChI is InChI=1S/C15H20N2O4S/c1-15(2,3)14(21)22-11-7-5-4-6-9(11)13(20)17-10(8-18)12(16)19/h4-7,10,18H,8H2,1-3H3,(H2,16,19)(H,17,20)/t10-/m0/s1. The van der Waals surface area contributed by atoms with Crippen LogP contribution in [0.1, 0.15) is 31.1 Å². The number of aliphatic hydroxyl groups excluding tert-OH is 1. The molecule has 0 bridgehead atoms. The third kappa shape index (κ3) is 4.85. The summed E-state index contributed by atoms with van der Waals surface area (Å²) in [5.74, 6) is -1.39. The van der Waals surface area contributed by atoms with E-state index >= 15 is 0 Å². The lowest BCUT2D eigenvalue weighted by atomic mass is 10.00. The first-order valence-corrected chi connectivity index (χ1v) is 7.50. The Kier molecular flexibility index (Phi) is 6.13. The van der Waals surface area contributed by atoms with Crippen LogP contribution in [0, 0.1) is 5.41 Å². The Morgan fingerprint density at radius 2 is 1.86 bits per heavy atom. The van der Waals surface area contributed by atoms with Crippen molar-refractivity contribution < 1.29 is 19.5 Å². The molecule has 0 aliphatic heterocycles. The highest BCUT2D eigenvalue weighted by atomic mass is 32.2. The number of thioether (sulfide) groups is 1. The number of nitrogens with two attached hydrogens (primary N) is 1. The van der Waals surface area contributed by atoms with Gasteiger partial charge >= 0.3 is 0 Å². The maximum absolute atomic E-state index is 12.2. The topological polar surface area (TPSA) is 109 Å². The molecule has 6 nitrogen and oxygen atoms in total. The molecule has 0 aromatic heterocycles. The van der Waals surface area contributed by atoms with Crippen molar-refractivity contribution in [2.75, 3.05) is 6.61 Å². The Hall–Kier alpha value is -1.86. The van der Waals surface area contributed by atoms with Crippen LogP contribution in [0.4, 0.5) is 0 Å². The van der Waals surface area contributed by atoms with E-state index in [4.69, 9.17) is 10.8 Å². The van der Waals surface area contributed by atoms with Gasteiger partial charge in [-0.1, -0.05) is 44.7 Å². The molecule has 22 heavy (non-hydrogen) atoms. The van der Waals surface area contributed by atoms with Crippen molar-refractivity contribution in [3.63, 3.8) is 0 Å². The predicted molar refractivity (Wildman–Crippen MR) is 84.3 cm³/mol. The van der Waals surface area contributed by atoms with Crippen LogP contribution in [0.3, 0.4) is 0 Å². The lowest BCUT2D eigenvalue weighted by molar-refractivity contribution is -0.120. The second kappa shape index (κ2) is 7.42. The van der Waals surface area contributed by atoms with Gasteiger partial charge in [0.2, 0.25) is 5.91 Å². The van der Waals surface area contributed by atoms with E-state index in [0.717, 1.165) is 11.8 Å². The van der Waals surface area contributed by atoms with E-state index in [2.05, 4.69) is 5.32 Å². The SMILES string of the molecule is CC(C)(C)C(=O)Sc1ccccc1C(=O)N[C@@H](CO)C(N)=O. The molecular formula is C15H20N2O4S. The van der Waals surface area contributed by atoms with Gasteiger partial charge in [-0.2, -0.15) is 0 Å². The summed E-state index contributed by atoms with van der Waals surface area (Å²) in [4.78, 5) is 35.9. The molecule has 0 fully saturated rings. The molecule has 1 atom stereocenters. The average molecular weight is 324 g/mol. The molecule has 4 N–H and O–H groups in total. The van der Waals surface area contributed by atoms with Gasteiger partial charge in [0.25, 0.3) is 5.91 Å². The molecule has 1 rings (SSSR count). The number of nitrogens with one attached hydrogen (secondary N) is 1. The van der Waals surface area contributed by atoms with Crippen LogP contribution >= 0.6 is 11.8 Å². The fourth-order valence-electron chi connectivity index (χ4n) is 1.44. The van der Waals surface area contributed by atoms with Crippen LogP contribution in [-0.4, -0.2) is 34.7 Å². The summed E-state index contributed by atoms with van der Waals surface area (Å²) in [6.45, 7) is 4.79. The van der Waals surface area contributed by atoms with Gasteiger partial charge in [-0.3, -0.25) is 14.4 Å². The van der Waals surface area contributed by atoms with E-state index < -0.39 is 29.9 Å². The van der Waals surface area contributed by atoms with Crippen molar-refractivity contribution >= 4 is 28.7 Å². The summed E-state index contributed by atoms with van der Waals surface area (Å²) in [5.41, 5.74) is 4.78. The lowest BCUT2D eigenvalue weighted by Gasteiger charge is -2.18. The Labute approximate surface area is 133 Å². The Bertz CT molecular complexity index is 581. The second-order valence-electron chi connectivity index (χ2n) is 5.75. The van der Waals surface area contributed by atoms with Crippen LogP contribution in [0.25, 0.3) is 0 Å². The number of rotatable bonds is 5. The van der Waals surface area contributed by atoms with Crippen LogP contribution < -0.4 is 11.1 Å². The van der Waals surface area contributed by atoms with Crippen LogP contribution in [-0.2, 0) is 9.59 Å². The summed E-state index contributed by atoms with van der Waals surface area (Å²) < 4.78 is 0. The zero-order chi connectivity index (χ0) is 16.9. The highest BCUT2D eigenvalue weighted by Crippen LogP contribution is 2.31. The monoisotopic (exact) mass is 324 g/mol. The summed E-state index contributed by atoms with van der Waals surface area (Å²) >= 11 is 0.970. The first-order valence-electron chi connectivity index (χ1n) is 6.69. The molecule has 2 amide bonds. The molecule has 120 valence electrons. The Morgan fingerprint density at radius 1 is 1.27 bits per heavy atom. The minimum absolute atomic E-state index is 0.0821. The van der Waals surface area contributed by atoms with E-state index in [9.17, 15) is 14.4 Å². The zero-order valence-electron chi connectivity index (χ0n) is 12.8. The van der Waals surface area contributed by atoms with Crippen LogP contribution in [0.15, 0.2) is 29.2 Å². The minimum atomic E-state index is -1.16. The van der Waals surface area contributed by atoms with Crippen molar-refractivity contribution in [3.8, 4) is 0 Å². The van der Waals surface area contributed by atoms with E-state index in [-0.39, 0.29) is 10.7 Å². The van der Waals surface area contributed by atoms with Gasteiger partial charge in [-0.15, -0.1) is 0 Å². The highest BCUT2D eigenvalue weighted by Gasteiger charge is 2.25. The molecule has 0 saturated carbocycles. The maximum Gasteiger partial charge on any atom is 0.253 e. The van der Waals surface area contributed by atoms with Crippen molar-refractivity contribution in [1.82, 2.24) is 5.32 Å². The highest BCUT2D eigenvalue weighted by molar-refractivity contribution is 8.13. The fourth-order valence-corrected chi connectivity index (χ4v) is 2.36. The molecule has 7 heteroatoms. The molecule has 0 saturated heterocycles.